The topological polar surface area (TPSA) is 38.3 Å². The molecule has 1 amide bonds. The minimum atomic E-state index is 0.119. The monoisotopic (exact) mass is 275 g/mol. The van der Waals surface area contributed by atoms with E-state index in [9.17, 15) is 4.79 Å². The lowest BCUT2D eigenvalue weighted by atomic mass is 9.83. The minimum Gasteiger partial charge on any atom is -0.497 e. The largest absolute Gasteiger partial charge is 0.497 e. The van der Waals surface area contributed by atoms with Crippen molar-refractivity contribution in [3.05, 3.63) is 29.8 Å². The number of ether oxygens (including phenoxy) is 1. The van der Waals surface area contributed by atoms with Gasteiger partial charge in [0.05, 0.1) is 13.5 Å². The van der Waals surface area contributed by atoms with Gasteiger partial charge in [0.25, 0.3) is 0 Å². The Morgan fingerprint density at radius 1 is 1.20 bits per heavy atom. The van der Waals surface area contributed by atoms with Gasteiger partial charge in [0.2, 0.25) is 5.91 Å². The lowest BCUT2D eigenvalue weighted by Gasteiger charge is -2.26. The first kappa shape index (κ1) is 14.9. The highest BCUT2D eigenvalue weighted by atomic mass is 16.5. The van der Waals surface area contributed by atoms with Crippen LogP contribution in [0.25, 0.3) is 0 Å². The predicted molar refractivity (Wildman–Crippen MR) is 80.8 cm³/mol. The summed E-state index contributed by atoms with van der Waals surface area (Å²) in [6, 6.07) is 7.68. The standard InChI is InChI=1S/C17H25NO2/c1-13-3-5-15(6-4-13)12-18-17(19)11-14-7-9-16(20-2)10-8-14/h7-10,13,15H,3-6,11-12H2,1-2H3,(H,18,19). The van der Waals surface area contributed by atoms with Crippen LogP contribution < -0.4 is 10.1 Å². The molecule has 0 heterocycles. The second-order valence-electron chi connectivity index (χ2n) is 5.95. The molecule has 1 saturated carbocycles. The number of carbonyl (C=O) groups is 1. The van der Waals surface area contributed by atoms with Gasteiger partial charge in [-0.25, -0.2) is 0 Å². The molecule has 2 rings (SSSR count). The predicted octanol–water partition coefficient (Wildman–Crippen LogP) is 3.18. The third-order valence-electron chi connectivity index (χ3n) is 4.25. The summed E-state index contributed by atoms with van der Waals surface area (Å²) in [5, 5.41) is 3.07. The van der Waals surface area contributed by atoms with Crippen LogP contribution in [0.3, 0.4) is 0 Å². The highest BCUT2D eigenvalue weighted by Crippen LogP contribution is 2.27. The van der Waals surface area contributed by atoms with Crippen molar-refractivity contribution >= 4 is 5.91 Å². The van der Waals surface area contributed by atoms with Gasteiger partial charge >= 0.3 is 0 Å². The van der Waals surface area contributed by atoms with Crippen LogP contribution in [0.2, 0.25) is 0 Å². The smallest absolute Gasteiger partial charge is 0.224 e. The molecular formula is C17H25NO2. The average Bonchev–Trinajstić information content (AvgIpc) is 2.47. The van der Waals surface area contributed by atoms with Gasteiger partial charge in [0.15, 0.2) is 0 Å². The van der Waals surface area contributed by atoms with Crippen molar-refractivity contribution in [1.29, 1.82) is 0 Å². The second kappa shape index (κ2) is 7.32. The van der Waals surface area contributed by atoms with E-state index in [0.717, 1.165) is 23.8 Å². The maximum atomic E-state index is 11.9. The Labute approximate surface area is 121 Å². The highest BCUT2D eigenvalue weighted by Gasteiger charge is 2.18. The molecule has 0 saturated heterocycles. The Balaban J connectivity index is 1.72. The van der Waals surface area contributed by atoms with Crippen LogP contribution in [-0.2, 0) is 11.2 Å². The van der Waals surface area contributed by atoms with Gasteiger partial charge in [-0.05, 0) is 42.4 Å². The van der Waals surface area contributed by atoms with Crippen molar-refractivity contribution in [3.63, 3.8) is 0 Å². The van der Waals surface area contributed by atoms with Crippen molar-refractivity contribution in [2.45, 2.75) is 39.0 Å². The van der Waals surface area contributed by atoms with Crippen LogP contribution in [-0.4, -0.2) is 19.6 Å². The highest BCUT2D eigenvalue weighted by molar-refractivity contribution is 5.78. The van der Waals surface area contributed by atoms with Crippen LogP contribution in [0.1, 0.15) is 38.2 Å². The van der Waals surface area contributed by atoms with Crippen molar-refractivity contribution in [2.75, 3.05) is 13.7 Å². The molecule has 0 unspecified atom stereocenters. The minimum absolute atomic E-state index is 0.119. The SMILES string of the molecule is COc1ccc(CC(=O)NCC2CCC(C)CC2)cc1. The van der Waals surface area contributed by atoms with Crippen LogP contribution in [0.15, 0.2) is 24.3 Å². The molecule has 20 heavy (non-hydrogen) atoms. The molecule has 0 radical (unpaired) electrons. The zero-order chi connectivity index (χ0) is 14.4. The van der Waals surface area contributed by atoms with E-state index >= 15 is 0 Å². The molecule has 1 N–H and O–H groups in total. The van der Waals surface area contributed by atoms with E-state index in [-0.39, 0.29) is 5.91 Å². The fourth-order valence-corrected chi connectivity index (χ4v) is 2.78. The van der Waals surface area contributed by atoms with E-state index in [4.69, 9.17) is 4.74 Å². The van der Waals surface area contributed by atoms with Gasteiger partial charge in [-0.15, -0.1) is 0 Å². The van der Waals surface area contributed by atoms with E-state index in [2.05, 4.69) is 12.2 Å². The lowest BCUT2D eigenvalue weighted by Crippen LogP contribution is -2.32. The maximum Gasteiger partial charge on any atom is 0.224 e. The quantitative estimate of drug-likeness (QED) is 0.896. The average molecular weight is 275 g/mol. The normalized spacial score (nSPS) is 22.3. The van der Waals surface area contributed by atoms with Crippen LogP contribution >= 0.6 is 0 Å². The second-order valence-corrected chi connectivity index (χ2v) is 5.95. The number of hydrogen-bond acceptors (Lipinski definition) is 2. The number of nitrogens with one attached hydrogen (secondary N) is 1. The molecule has 0 spiro atoms. The van der Waals surface area contributed by atoms with Crippen molar-refractivity contribution < 1.29 is 9.53 Å². The van der Waals surface area contributed by atoms with E-state index in [1.54, 1.807) is 7.11 Å². The fourth-order valence-electron chi connectivity index (χ4n) is 2.78. The summed E-state index contributed by atoms with van der Waals surface area (Å²) < 4.78 is 5.11. The van der Waals surface area contributed by atoms with Crippen LogP contribution in [0.5, 0.6) is 5.75 Å². The van der Waals surface area contributed by atoms with Crippen molar-refractivity contribution in [1.82, 2.24) is 5.32 Å². The first-order valence-corrected chi connectivity index (χ1v) is 7.57. The Bertz CT molecular complexity index is 419. The van der Waals surface area contributed by atoms with Crippen molar-refractivity contribution in [2.24, 2.45) is 11.8 Å². The Morgan fingerprint density at radius 3 is 2.45 bits per heavy atom. The molecule has 1 aliphatic rings. The van der Waals surface area contributed by atoms with Gasteiger partial charge in [-0.1, -0.05) is 31.9 Å². The summed E-state index contributed by atoms with van der Waals surface area (Å²) in [4.78, 5) is 11.9. The summed E-state index contributed by atoms with van der Waals surface area (Å²) in [5.74, 6) is 2.48. The first-order valence-electron chi connectivity index (χ1n) is 7.57. The van der Waals surface area contributed by atoms with Gasteiger partial charge in [0.1, 0.15) is 5.75 Å². The molecule has 3 nitrogen and oxygen atoms in total. The molecule has 1 aromatic carbocycles. The summed E-state index contributed by atoms with van der Waals surface area (Å²) in [6.07, 6.45) is 5.57. The third kappa shape index (κ3) is 4.55. The summed E-state index contributed by atoms with van der Waals surface area (Å²) in [6.45, 7) is 3.15. The lowest BCUT2D eigenvalue weighted by molar-refractivity contribution is -0.120. The van der Waals surface area contributed by atoms with E-state index in [1.807, 2.05) is 24.3 Å². The molecule has 1 fully saturated rings. The molecule has 0 aliphatic heterocycles. The first-order chi connectivity index (χ1) is 9.67. The van der Waals surface area contributed by atoms with Gasteiger partial charge in [-0.3, -0.25) is 4.79 Å². The fraction of sp³-hybridized carbons (Fsp3) is 0.588. The van der Waals surface area contributed by atoms with Crippen LogP contribution in [0.4, 0.5) is 0 Å². The molecular weight excluding hydrogens is 250 g/mol. The van der Waals surface area contributed by atoms with Crippen LogP contribution in [0, 0.1) is 11.8 Å². The number of hydrogen-bond donors (Lipinski definition) is 1. The Kier molecular flexibility index (Phi) is 5.45. The number of rotatable bonds is 5. The number of amides is 1. The zero-order valence-corrected chi connectivity index (χ0v) is 12.5. The zero-order valence-electron chi connectivity index (χ0n) is 12.5. The summed E-state index contributed by atoms with van der Waals surface area (Å²) >= 11 is 0. The molecule has 0 atom stereocenters. The van der Waals surface area contributed by atoms with Crippen molar-refractivity contribution in [3.8, 4) is 5.75 Å². The molecule has 1 aromatic rings. The molecule has 3 heteroatoms. The van der Waals surface area contributed by atoms with E-state index in [1.165, 1.54) is 25.7 Å². The number of methoxy groups -OCH3 is 1. The maximum absolute atomic E-state index is 11.9. The van der Waals surface area contributed by atoms with Gasteiger partial charge in [0, 0.05) is 6.54 Å². The molecule has 110 valence electrons. The Morgan fingerprint density at radius 2 is 1.85 bits per heavy atom. The molecule has 0 aromatic heterocycles. The number of benzene rings is 1. The van der Waals surface area contributed by atoms with E-state index < -0.39 is 0 Å². The molecule has 0 bridgehead atoms. The number of carbonyl (C=O) groups excluding carboxylic acids is 1. The Hall–Kier alpha value is -1.51. The molecule has 1 aliphatic carbocycles. The third-order valence-corrected chi connectivity index (χ3v) is 4.25. The summed E-state index contributed by atoms with van der Waals surface area (Å²) in [7, 11) is 1.65. The van der Waals surface area contributed by atoms with Gasteiger partial charge < -0.3 is 10.1 Å². The van der Waals surface area contributed by atoms with Gasteiger partial charge in [-0.2, -0.15) is 0 Å². The summed E-state index contributed by atoms with van der Waals surface area (Å²) in [5.41, 5.74) is 1.03. The van der Waals surface area contributed by atoms with E-state index in [0.29, 0.717) is 12.3 Å².